The Labute approximate surface area is 178 Å². The lowest BCUT2D eigenvalue weighted by atomic mass is 10.00. The number of nitrogens with zero attached hydrogens (tertiary/aromatic N) is 2. The molecule has 1 aliphatic heterocycles. The van der Waals surface area contributed by atoms with E-state index in [1.165, 1.54) is 27.1 Å². The minimum Gasteiger partial charge on any atom is -0.357 e. The van der Waals surface area contributed by atoms with E-state index in [2.05, 4.69) is 65.2 Å². The highest BCUT2D eigenvalue weighted by atomic mass is 32.2. The van der Waals surface area contributed by atoms with E-state index >= 15 is 0 Å². The van der Waals surface area contributed by atoms with Crippen molar-refractivity contribution in [2.45, 2.75) is 38.3 Å². The number of fused-ring (bicyclic) bond motifs is 1. The van der Waals surface area contributed by atoms with Gasteiger partial charge in [-0.1, -0.05) is 36.4 Å². The number of amides is 1. The summed E-state index contributed by atoms with van der Waals surface area (Å²) < 4.78 is 0. The number of benzene rings is 2. The molecule has 0 aliphatic carbocycles. The normalized spacial score (nSPS) is 13.8. The molecule has 6 heteroatoms. The molecular formula is C23H30N4OS. The zero-order valence-electron chi connectivity index (χ0n) is 17.5. The van der Waals surface area contributed by atoms with Crippen molar-refractivity contribution in [3.05, 3.63) is 64.7 Å². The lowest BCUT2D eigenvalue weighted by Crippen LogP contribution is -2.45. The van der Waals surface area contributed by atoms with Gasteiger partial charge in [-0.2, -0.15) is 0 Å². The Morgan fingerprint density at radius 1 is 1.17 bits per heavy atom. The Balaban J connectivity index is 1.59. The number of hydrogen-bond donors (Lipinski definition) is 2. The molecular weight excluding hydrogens is 380 g/mol. The Kier molecular flexibility index (Phi) is 7.58. The van der Waals surface area contributed by atoms with Gasteiger partial charge in [0.1, 0.15) is 0 Å². The number of thioether (sulfide) groups is 1. The molecule has 1 aliphatic rings. The average Bonchev–Trinajstić information content (AvgIpc) is 2.75. The van der Waals surface area contributed by atoms with E-state index < -0.39 is 0 Å². The first-order valence-electron chi connectivity index (χ1n) is 10.1. The summed E-state index contributed by atoms with van der Waals surface area (Å²) in [6.45, 7) is 7.16. The summed E-state index contributed by atoms with van der Waals surface area (Å²) in [6, 6.07) is 14.8. The fourth-order valence-electron chi connectivity index (χ4n) is 3.47. The zero-order chi connectivity index (χ0) is 20.6. The van der Waals surface area contributed by atoms with Gasteiger partial charge >= 0.3 is 0 Å². The maximum Gasteiger partial charge on any atom is 0.242 e. The van der Waals surface area contributed by atoms with Crippen molar-refractivity contribution in [1.29, 1.82) is 0 Å². The Morgan fingerprint density at radius 3 is 2.72 bits per heavy atom. The molecule has 154 valence electrons. The van der Waals surface area contributed by atoms with Gasteiger partial charge in [-0.15, -0.1) is 11.8 Å². The van der Waals surface area contributed by atoms with Gasteiger partial charge in [-0.3, -0.25) is 4.79 Å². The molecule has 2 aromatic rings. The smallest absolute Gasteiger partial charge is 0.242 e. The standard InChI is InChI=1S/C23H30N4OS/c1-4-24-23(25-14-19-10-9-17(2)13-21(19)29-3)26-15-22(28)27-12-11-18-7-5-6-8-20(18)16-27/h5-10,13H,4,11-12,14-16H2,1-3H3,(H2,24,25,26). The van der Waals surface area contributed by atoms with Crippen LogP contribution < -0.4 is 10.6 Å². The third-order valence-electron chi connectivity index (χ3n) is 5.08. The molecule has 0 atom stereocenters. The summed E-state index contributed by atoms with van der Waals surface area (Å²) in [7, 11) is 0. The molecule has 0 saturated carbocycles. The second-order valence-corrected chi connectivity index (χ2v) is 8.05. The highest BCUT2D eigenvalue weighted by molar-refractivity contribution is 7.98. The van der Waals surface area contributed by atoms with Crippen LogP contribution in [0.1, 0.15) is 29.2 Å². The molecule has 0 fully saturated rings. The Hall–Kier alpha value is -2.47. The monoisotopic (exact) mass is 410 g/mol. The number of rotatable bonds is 6. The van der Waals surface area contributed by atoms with Crippen LogP contribution >= 0.6 is 11.8 Å². The molecule has 0 bridgehead atoms. The summed E-state index contributed by atoms with van der Waals surface area (Å²) in [6.07, 6.45) is 3.00. The van der Waals surface area contributed by atoms with E-state index in [0.29, 0.717) is 19.0 Å². The van der Waals surface area contributed by atoms with Crippen molar-refractivity contribution in [2.24, 2.45) is 4.99 Å². The van der Waals surface area contributed by atoms with Gasteiger partial charge in [0.25, 0.3) is 0 Å². The summed E-state index contributed by atoms with van der Waals surface area (Å²) in [5, 5.41) is 6.44. The van der Waals surface area contributed by atoms with Crippen LogP contribution in [0.5, 0.6) is 0 Å². The molecule has 2 aromatic carbocycles. The first-order valence-corrected chi connectivity index (χ1v) is 11.3. The molecule has 3 rings (SSSR count). The number of nitrogens with one attached hydrogen (secondary N) is 2. The van der Waals surface area contributed by atoms with E-state index in [1.807, 2.05) is 17.9 Å². The van der Waals surface area contributed by atoms with Crippen molar-refractivity contribution >= 4 is 23.6 Å². The van der Waals surface area contributed by atoms with Crippen LogP contribution in [0.15, 0.2) is 52.4 Å². The zero-order valence-corrected chi connectivity index (χ0v) is 18.3. The maximum absolute atomic E-state index is 12.7. The minimum atomic E-state index is 0.102. The fraction of sp³-hybridized carbons (Fsp3) is 0.391. The highest BCUT2D eigenvalue weighted by Gasteiger charge is 2.20. The van der Waals surface area contributed by atoms with E-state index in [1.54, 1.807) is 11.8 Å². The second kappa shape index (κ2) is 10.3. The van der Waals surface area contributed by atoms with Gasteiger partial charge in [0.15, 0.2) is 5.96 Å². The molecule has 2 N–H and O–H groups in total. The molecule has 5 nitrogen and oxygen atoms in total. The van der Waals surface area contributed by atoms with Gasteiger partial charge in [-0.05, 0) is 54.8 Å². The quantitative estimate of drug-likeness (QED) is 0.436. The topological polar surface area (TPSA) is 56.7 Å². The van der Waals surface area contributed by atoms with Gasteiger partial charge < -0.3 is 15.5 Å². The molecule has 1 heterocycles. The predicted octanol–water partition coefficient (Wildman–Crippen LogP) is 3.36. The predicted molar refractivity (Wildman–Crippen MR) is 121 cm³/mol. The fourth-order valence-corrected chi connectivity index (χ4v) is 4.17. The first kappa shape index (κ1) is 21.2. The van der Waals surface area contributed by atoms with E-state index in [0.717, 1.165) is 19.5 Å². The van der Waals surface area contributed by atoms with Crippen molar-refractivity contribution in [3.8, 4) is 0 Å². The molecule has 0 aromatic heterocycles. The lowest BCUT2D eigenvalue weighted by Gasteiger charge is -2.29. The average molecular weight is 411 g/mol. The molecule has 0 radical (unpaired) electrons. The van der Waals surface area contributed by atoms with Crippen LogP contribution in [0.3, 0.4) is 0 Å². The van der Waals surface area contributed by atoms with Crippen LogP contribution in [-0.4, -0.2) is 42.7 Å². The van der Waals surface area contributed by atoms with E-state index in [4.69, 9.17) is 0 Å². The Bertz CT molecular complexity index is 881. The summed E-state index contributed by atoms with van der Waals surface area (Å²) >= 11 is 1.74. The molecule has 0 unspecified atom stereocenters. The van der Waals surface area contributed by atoms with Crippen molar-refractivity contribution in [3.63, 3.8) is 0 Å². The maximum atomic E-state index is 12.7. The third kappa shape index (κ3) is 5.76. The number of aryl methyl sites for hydroxylation is 1. The first-order chi connectivity index (χ1) is 14.1. The highest BCUT2D eigenvalue weighted by Crippen LogP contribution is 2.22. The number of carbonyl (C=O) groups is 1. The van der Waals surface area contributed by atoms with Crippen LogP contribution in [-0.2, 0) is 24.3 Å². The molecule has 0 saturated heterocycles. The van der Waals surface area contributed by atoms with Gasteiger partial charge in [0, 0.05) is 24.5 Å². The van der Waals surface area contributed by atoms with Gasteiger partial charge in [0.05, 0.1) is 13.1 Å². The molecule has 0 spiro atoms. The third-order valence-corrected chi connectivity index (χ3v) is 5.90. The minimum absolute atomic E-state index is 0.102. The van der Waals surface area contributed by atoms with Crippen LogP contribution in [0, 0.1) is 6.92 Å². The molecule has 1 amide bonds. The van der Waals surface area contributed by atoms with Crippen molar-refractivity contribution in [2.75, 3.05) is 25.9 Å². The van der Waals surface area contributed by atoms with E-state index in [9.17, 15) is 4.79 Å². The lowest BCUT2D eigenvalue weighted by molar-refractivity contribution is -0.130. The number of carbonyl (C=O) groups excluding carboxylic acids is 1. The van der Waals surface area contributed by atoms with Crippen molar-refractivity contribution < 1.29 is 4.79 Å². The van der Waals surface area contributed by atoms with Gasteiger partial charge in [0.2, 0.25) is 5.91 Å². The van der Waals surface area contributed by atoms with E-state index in [-0.39, 0.29) is 12.5 Å². The molecule has 29 heavy (non-hydrogen) atoms. The summed E-state index contributed by atoms with van der Waals surface area (Å²) in [5.41, 5.74) is 5.04. The SMILES string of the molecule is CCNC(=NCc1ccc(C)cc1SC)NCC(=O)N1CCc2ccccc2C1. The van der Waals surface area contributed by atoms with Gasteiger partial charge in [-0.25, -0.2) is 4.99 Å². The summed E-state index contributed by atoms with van der Waals surface area (Å²) in [5.74, 6) is 0.774. The van der Waals surface area contributed by atoms with Crippen LogP contribution in [0.25, 0.3) is 0 Å². The van der Waals surface area contributed by atoms with Crippen LogP contribution in [0.2, 0.25) is 0 Å². The largest absolute Gasteiger partial charge is 0.357 e. The van der Waals surface area contributed by atoms with Crippen LogP contribution in [0.4, 0.5) is 0 Å². The number of guanidine groups is 1. The number of hydrogen-bond acceptors (Lipinski definition) is 3. The summed E-state index contributed by atoms with van der Waals surface area (Å²) in [4.78, 5) is 20.6. The number of aliphatic imine (C=N–C) groups is 1. The Morgan fingerprint density at radius 2 is 1.97 bits per heavy atom. The second-order valence-electron chi connectivity index (χ2n) is 7.20. The van der Waals surface area contributed by atoms with Crippen molar-refractivity contribution in [1.82, 2.24) is 15.5 Å².